The minimum Gasteiger partial charge on any atom is -0.424 e. The maximum absolute atomic E-state index is 12.3. The van der Waals surface area contributed by atoms with Crippen LogP contribution in [-0.4, -0.2) is 25.8 Å². The van der Waals surface area contributed by atoms with E-state index in [9.17, 15) is 9.59 Å². The summed E-state index contributed by atoms with van der Waals surface area (Å²) in [6.07, 6.45) is 0. The number of esters is 1. The number of tetrazole rings is 1. The predicted octanol–water partition coefficient (Wildman–Crippen LogP) is 2.90. The van der Waals surface area contributed by atoms with Crippen LogP contribution >= 0.6 is 22.9 Å². The second-order valence-corrected chi connectivity index (χ2v) is 6.68. The number of benzene rings is 2. The number of halogens is 1. The van der Waals surface area contributed by atoms with Gasteiger partial charge in [0.05, 0.1) is 0 Å². The van der Waals surface area contributed by atoms with Crippen LogP contribution in [0, 0.1) is 0 Å². The van der Waals surface area contributed by atoms with Gasteiger partial charge < -0.3 is 4.74 Å². The van der Waals surface area contributed by atoms with Gasteiger partial charge in [-0.3, -0.25) is 0 Å². The summed E-state index contributed by atoms with van der Waals surface area (Å²) in [5, 5.41) is 12.0. The average Bonchev–Trinajstić information content (AvgIpc) is 3.28. The summed E-state index contributed by atoms with van der Waals surface area (Å²) < 4.78 is 7.50. The van der Waals surface area contributed by atoms with Gasteiger partial charge in [0, 0.05) is 15.8 Å². The van der Waals surface area contributed by atoms with Crippen molar-refractivity contribution in [3.8, 4) is 10.8 Å². The van der Waals surface area contributed by atoms with E-state index in [4.69, 9.17) is 16.3 Å². The van der Waals surface area contributed by atoms with Gasteiger partial charge in [-0.25, -0.2) is 9.59 Å². The summed E-state index contributed by atoms with van der Waals surface area (Å²) in [5.41, 5.74) is -0.509. The van der Waals surface area contributed by atoms with Crippen molar-refractivity contribution in [2.24, 2.45) is 0 Å². The topological polar surface area (TPSA) is 79.0 Å². The van der Waals surface area contributed by atoms with Crippen molar-refractivity contribution in [2.75, 3.05) is 0 Å². The number of carbonyl (C=O) groups excluding carboxylic acids is 1. The first kappa shape index (κ1) is 16.5. The molecule has 0 bridgehead atoms. The van der Waals surface area contributed by atoms with Gasteiger partial charge in [-0.1, -0.05) is 35.9 Å². The molecule has 0 aliphatic heterocycles. The summed E-state index contributed by atoms with van der Waals surface area (Å²) in [7, 11) is 0. The van der Waals surface area contributed by atoms with Crippen molar-refractivity contribution < 1.29 is 9.53 Å². The zero-order valence-corrected chi connectivity index (χ0v) is 14.8. The van der Waals surface area contributed by atoms with Gasteiger partial charge in [0.1, 0.15) is 17.3 Å². The zero-order valence-electron chi connectivity index (χ0n) is 13.2. The van der Waals surface area contributed by atoms with Gasteiger partial charge in [0.15, 0.2) is 0 Å². The van der Waals surface area contributed by atoms with Crippen LogP contribution in [-0.2, 0) is 11.3 Å². The molecule has 2 aromatic heterocycles. The molecule has 0 saturated carbocycles. The molecule has 0 aliphatic rings. The number of ether oxygens (including phenoxy) is 1. The second-order valence-electron chi connectivity index (χ2n) is 5.35. The van der Waals surface area contributed by atoms with Crippen molar-refractivity contribution in [3.63, 3.8) is 0 Å². The molecule has 7 nitrogen and oxygen atoms in total. The molecule has 26 heavy (non-hydrogen) atoms. The number of thiophene rings is 1. The Morgan fingerprint density at radius 1 is 1.08 bits per heavy atom. The van der Waals surface area contributed by atoms with E-state index in [-0.39, 0.29) is 6.54 Å². The van der Waals surface area contributed by atoms with E-state index >= 15 is 0 Å². The molecule has 0 fully saturated rings. The molecule has 0 N–H and O–H groups in total. The molecular formula is C17H11ClN4O3S. The molecule has 0 radical (unpaired) electrons. The summed E-state index contributed by atoms with van der Waals surface area (Å²) in [4.78, 5) is 24.6. The fourth-order valence-corrected chi connectivity index (χ4v) is 3.40. The van der Waals surface area contributed by atoms with Gasteiger partial charge in [0.25, 0.3) is 0 Å². The monoisotopic (exact) mass is 386 g/mol. The molecule has 0 spiro atoms. The highest BCUT2D eigenvalue weighted by Gasteiger charge is 2.15. The van der Waals surface area contributed by atoms with E-state index in [0.29, 0.717) is 21.2 Å². The Balaban J connectivity index is 1.57. The summed E-state index contributed by atoms with van der Waals surface area (Å²) in [6.45, 7) is -0.346. The van der Waals surface area contributed by atoms with Crippen molar-refractivity contribution >= 4 is 39.7 Å². The van der Waals surface area contributed by atoms with Crippen LogP contribution < -0.4 is 10.4 Å². The smallest absolute Gasteiger partial charge is 0.369 e. The summed E-state index contributed by atoms with van der Waals surface area (Å²) >= 11 is 7.51. The van der Waals surface area contributed by atoms with Crippen LogP contribution in [0.3, 0.4) is 0 Å². The first-order chi connectivity index (χ1) is 12.6. The number of fused-ring (bicyclic) bond motifs is 1. The molecule has 0 unspecified atom stereocenters. The minimum absolute atomic E-state index is 0.346. The Hall–Kier alpha value is -2.97. The van der Waals surface area contributed by atoms with Gasteiger partial charge in [-0.2, -0.15) is 9.36 Å². The molecule has 0 aliphatic carbocycles. The fourth-order valence-electron chi connectivity index (χ4n) is 2.50. The first-order valence-corrected chi connectivity index (χ1v) is 8.84. The summed E-state index contributed by atoms with van der Waals surface area (Å²) in [5.74, 6) is -0.258. The van der Waals surface area contributed by atoms with Gasteiger partial charge >= 0.3 is 11.7 Å². The maximum Gasteiger partial charge on any atom is 0.369 e. The van der Waals surface area contributed by atoms with E-state index in [1.165, 1.54) is 11.3 Å². The molecule has 4 rings (SSSR count). The Labute approximate surface area is 156 Å². The molecule has 0 amide bonds. The number of carbonyl (C=O) groups is 1. The molecular weight excluding hydrogens is 376 g/mol. The number of hydrogen-bond donors (Lipinski definition) is 0. The second kappa shape index (κ2) is 6.74. The Kier molecular flexibility index (Phi) is 4.27. The van der Waals surface area contributed by atoms with Crippen LogP contribution in [0.15, 0.2) is 58.7 Å². The molecule has 2 aromatic carbocycles. The number of rotatable bonds is 4. The van der Waals surface area contributed by atoms with E-state index < -0.39 is 11.7 Å². The fraction of sp³-hybridized carbons (Fsp3) is 0.0588. The Morgan fingerprint density at radius 2 is 1.88 bits per heavy atom. The molecule has 0 saturated heterocycles. The Bertz CT molecular complexity index is 1150. The highest BCUT2D eigenvalue weighted by molar-refractivity contribution is 7.12. The molecule has 2 heterocycles. The van der Waals surface area contributed by atoms with Gasteiger partial charge in [-0.15, -0.1) is 11.3 Å². The molecule has 130 valence electrons. The molecule has 0 atom stereocenters. The summed E-state index contributed by atoms with van der Waals surface area (Å²) in [6, 6.07) is 14.1. The van der Waals surface area contributed by atoms with Crippen molar-refractivity contribution in [2.45, 2.75) is 6.54 Å². The van der Waals surface area contributed by atoms with E-state index in [2.05, 4.69) is 10.4 Å². The van der Waals surface area contributed by atoms with Crippen LogP contribution in [0.1, 0.15) is 0 Å². The quantitative estimate of drug-likeness (QED) is 0.398. The Morgan fingerprint density at radius 3 is 2.65 bits per heavy atom. The molecule has 4 aromatic rings. The van der Waals surface area contributed by atoms with E-state index in [1.54, 1.807) is 24.3 Å². The SMILES string of the molecule is O=C(Cn1nnn(-c2cccs2)c1=O)Oc1ccc(Cl)c2ccccc12. The van der Waals surface area contributed by atoms with Crippen LogP contribution in [0.4, 0.5) is 0 Å². The maximum atomic E-state index is 12.3. The zero-order chi connectivity index (χ0) is 18.1. The van der Waals surface area contributed by atoms with Crippen LogP contribution in [0.2, 0.25) is 5.02 Å². The number of nitrogens with zero attached hydrogens (tertiary/aromatic N) is 4. The number of aromatic nitrogens is 4. The van der Waals surface area contributed by atoms with Crippen molar-refractivity contribution in [1.82, 2.24) is 19.8 Å². The number of hydrogen-bond acceptors (Lipinski definition) is 6. The van der Waals surface area contributed by atoms with E-state index in [0.717, 1.165) is 14.7 Å². The third-order valence-corrected chi connectivity index (χ3v) is 4.86. The van der Waals surface area contributed by atoms with Crippen molar-refractivity contribution in [3.05, 3.63) is 69.4 Å². The minimum atomic E-state index is -0.627. The van der Waals surface area contributed by atoms with Gasteiger partial charge in [-0.05, 0) is 40.1 Å². The van der Waals surface area contributed by atoms with Crippen LogP contribution in [0.5, 0.6) is 5.75 Å². The van der Waals surface area contributed by atoms with E-state index in [1.807, 2.05) is 29.6 Å². The van der Waals surface area contributed by atoms with Crippen molar-refractivity contribution in [1.29, 1.82) is 0 Å². The third kappa shape index (κ3) is 3.00. The third-order valence-electron chi connectivity index (χ3n) is 3.69. The largest absolute Gasteiger partial charge is 0.424 e. The van der Waals surface area contributed by atoms with Gasteiger partial charge in [0.2, 0.25) is 0 Å². The lowest BCUT2D eigenvalue weighted by Gasteiger charge is -2.08. The highest BCUT2D eigenvalue weighted by atomic mass is 35.5. The average molecular weight is 387 g/mol. The first-order valence-electron chi connectivity index (χ1n) is 7.58. The lowest BCUT2D eigenvalue weighted by molar-refractivity contribution is -0.135. The lowest BCUT2D eigenvalue weighted by atomic mass is 10.1. The van der Waals surface area contributed by atoms with Crippen LogP contribution in [0.25, 0.3) is 15.8 Å². The predicted molar refractivity (Wildman–Crippen MR) is 98.1 cm³/mol. The molecule has 9 heteroatoms. The highest BCUT2D eigenvalue weighted by Crippen LogP contribution is 2.31. The standard InChI is InChI=1S/C17H11ClN4O3S/c18-13-7-8-14(12-5-2-1-4-11(12)13)25-16(23)10-21-17(24)22(20-19-21)15-6-3-9-26-15/h1-9H,10H2. The normalized spacial score (nSPS) is 11.0. The lowest BCUT2D eigenvalue weighted by Crippen LogP contribution is -2.28.